The van der Waals surface area contributed by atoms with Crippen molar-refractivity contribution in [3.63, 3.8) is 0 Å². The molecular weight excluding hydrogens is 172 g/mol. The van der Waals surface area contributed by atoms with Crippen molar-refractivity contribution in [3.05, 3.63) is 36.0 Å². The van der Waals surface area contributed by atoms with E-state index < -0.39 is 0 Å². The molecule has 2 rings (SSSR count). The highest BCUT2D eigenvalue weighted by Gasteiger charge is 2.15. The van der Waals surface area contributed by atoms with E-state index in [1.807, 2.05) is 18.2 Å². The fourth-order valence-electron chi connectivity index (χ4n) is 1.35. The minimum absolute atomic E-state index is 0.0665. The van der Waals surface area contributed by atoms with Crippen LogP contribution >= 0.6 is 0 Å². The van der Waals surface area contributed by atoms with E-state index >= 15 is 0 Å². The molecule has 2 aromatic rings. The average Bonchev–Trinajstić information content (AvgIpc) is 2.16. The van der Waals surface area contributed by atoms with Gasteiger partial charge in [0.05, 0.1) is 11.2 Å². The summed E-state index contributed by atoms with van der Waals surface area (Å²) in [5.74, 6) is 0. The van der Waals surface area contributed by atoms with Crippen LogP contribution in [-0.4, -0.2) is 10.2 Å². The summed E-state index contributed by atoms with van der Waals surface area (Å²) in [5.41, 5.74) is 2.06. The maximum Gasteiger partial charge on any atom is 0.0929 e. The van der Waals surface area contributed by atoms with E-state index in [-0.39, 0.29) is 5.41 Å². The first kappa shape index (κ1) is 9.13. The molecule has 0 atom stereocenters. The third kappa shape index (κ3) is 1.60. The number of fused-ring (bicyclic) bond motifs is 1. The molecule has 0 radical (unpaired) electrons. The Labute approximate surface area is 84.0 Å². The molecule has 72 valence electrons. The summed E-state index contributed by atoms with van der Waals surface area (Å²) in [5, 5.41) is 9.59. The second-order valence-corrected chi connectivity index (χ2v) is 4.54. The van der Waals surface area contributed by atoms with Crippen molar-refractivity contribution in [1.82, 2.24) is 10.2 Å². The minimum Gasteiger partial charge on any atom is -0.154 e. The van der Waals surface area contributed by atoms with Gasteiger partial charge in [0.1, 0.15) is 0 Å². The topological polar surface area (TPSA) is 25.8 Å². The highest BCUT2D eigenvalue weighted by atomic mass is 15.1. The summed E-state index contributed by atoms with van der Waals surface area (Å²) in [7, 11) is 0. The van der Waals surface area contributed by atoms with Crippen LogP contribution in [0.3, 0.4) is 0 Å². The van der Waals surface area contributed by atoms with Crippen molar-refractivity contribution in [2.75, 3.05) is 0 Å². The SMILES string of the molecule is CC(C)(C)c1cc2ccccc2nn1. The van der Waals surface area contributed by atoms with Crippen LogP contribution in [0.15, 0.2) is 30.3 Å². The molecule has 0 bridgehead atoms. The van der Waals surface area contributed by atoms with E-state index in [2.05, 4.69) is 43.1 Å². The van der Waals surface area contributed by atoms with E-state index in [1.54, 1.807) is 0 Å². The summed E-state index contributed by atoms with van der Waals surface area (Å²) in [6, 6.07) is 10.2. The third-order valence-corrected chi connectivity index (χ3v) is 2.26. The van der Waals surface area contributed by atoms with Crippen LogP contribution in [0.25, 0.3) is 10.9 Å². The molecule has 2 nitrogen and oxygen atoms in total. The van der Waals surface area contributed by atoms with Gasteiger partial charge in [-0.2, -0.15) is 10.2 Å². The van der Waals surface area contributed by atoms with Crippen LogP contribution in [0.4, 0.5) is 0 Å². The first-order valence-corrected chi connectivity index (χ1v) is 4.80. The molecule has 0 amide bonds. The lowest BCUT2D eigenvalue weighted by atomic mass is 9.91. The molecule has 0 spiro atoms. The molecule has 0 saturated heterocycles. The van der Waals surface area contributed by atoms with Gasteiger partial charge in [0, 0.05) is 10.8 Å². The fourth-order valence-corrected chi connectivity index (χ4v) is 1.35. The molecule has 0 fully saturated rings. The molecule has 0 saturated carbocycles. The quantitative estimate of drug-likeness (QED) is 0.632. The van der Waals surface area contributed by atoms with Crippen molar-refractivity contribution in [2.24, 2.45) is 0 Å². The maximum atomic E-state index is 4.23. The Hall–Kier alpha value is -1.44. The number of nitrogens with zero attached hydrogens (tertiary/aromatic N) is 2. The molecule has 14 heavy (non-hydrogen) atoms. The number of hydrogen-bond acceptors (Lipinski definition) is 2. The third-order valence-electron chi connectivity index (χ3n) is 2.26. The minimum atomic E-state index is 0.0665. The first-order chi connectivity index (χ1) is 6.57. The van der Waals surface area contributed by atoms with Crippen LogP contribution in [-0.2, 0) is 5.41 Å². The lowest BCUT2D eigenvalue weighted by Crippen LogP contribution is -2.14. The molecule has 0 aliphatic carbocycles. The van der Waals surface area contributed by atoms with Gasteiger partial charge in [0.2, 0.25) is 0 Å². The van der Waals surface area contributed by atoms with E-state index in [0.29, 0.717) is 0 Å². The zero-order valence-electron chi connectivity index (χ0n) is 8.78. The number of benzene rings is 1. The van der Waals surface area contributed by atoms with Crippen LogP contribution in [0, 0.1) is 0 Å². The lowest BCUT2D eigenvalue weighted by molar-refractivity contribution is 0.561. The lowest BCUT2D eigenvalue weighted by Gasteiger charge is -2.16. The van der Waals surface area contributed by atoms with Crippen molar-refractivity contribution in [2.45, 2.75) is 26.2 Å². The number of aromatic nitrogens is 2. The molecule has 1 aromatic carbocycles. The second kappa shape index (κ2) is 3.05. The molecule has 2 heteroatoms. The largest absolute Gasteiger partial charge is 0.154 e. The van der Waals surface area contributed by atoms with Crippen molar-refractivity contribution in [3.8, 4) is 0 Å². The Morgan fingerprint density at radius 2 is 1.71 bits per heavy atom. The predicted octanol–water partition coefficient (Wildman–Crippen LogP) is 2.93. The van der Waals surface area contributed by atoms with Crippen molar-refractivity contribution < 1.29 is 0 Å². The van der Waals surface area contributed by atoms with Gasteiger partial charge in [-0.1, -0.05) is 39.0 Å². The Bertz CT molecular complexity index is 455. The van der Waals surface area contributed by atoms with Crippen LogP contribution < -0.4 is 0 Å². The standard InChI is InChI=1S/C12H14N2/c1-12(2,3)11-8-9-6-4-5-7-10(9)13-14-11/h4-8H,1-3H3. The Balaban J connectivity index is 2.63. The summed E-state index contributed by atoms with van der Waals surface area (Å²) in [4.78, 5) is 0. The van der Waals surface area contributed by atoms with E-state index in [4.69, 9.17) is 0 Å². The molecular formula is C12H14N2. The van der Waals surface area contributed by atoms with E-state index in [0.717, 1.165) is 16.6 Å². The van der Waals surface area contributed by atoms with Crippen LogP contribution in [0.1, 0.15) is 26.5 Å². The second-order valence-electron chi connectivity index (χ2n) is 4.54. The van der Waals surface area contributed by atoms with Crippen molar-refractivity contribution >= 4 is 10.9 Å². The zero-order chi connectivity index (χ0) is 10.2. The molecule has 1 aromatic heterocycles. The Morgan fingerprint density at radius 3 is 2.43 bits per heavy atom. The highest BCUT2D eigenvalue weighted by molar-refractivity contribution is 5.78. The van der Waals surface area contributed by atoms with Gasteiger partial charge in [-0.3, -0.25) is 0 Å². The van der Waals surface area contributed by atoms with Gasteiger partial charge in [-0.05, 0) is 12.1 Å². The molecule has 0 aliphatic rings. The molecule has 1 heterocycles. The number of hydrogen-bond donors (Lipinski definition) is 0. The molecule has 0 N–H and O–H groups in total. The summed E-state index contributed by atoms with van der Waals surface area (Å²) >= 11 is 0. The van der Waals surface area contributed by atoms with E-state index in [1.165, 1.54) is 0 Å². The Kier molecular flexibility index (Phi) is 1.99. The van der Waals surface area contributed by atoms with Crippen LogP contribution in [0.5, 0.6) is 0 Å². The van der Waals surface area contributed by atoms with Crippen molar-refractivity contribution in [1.29, 1.82) is 0 Å². The molecule has 0 aliphatic heterocycles. The summed E-state index contributed by atoms with van der Waals surface area (Å²) in [6.45, 7) is 6.43. The van der Waals surface area contributed by atoms with E-state index in [9.17, 15) is 0 Å². The predicted molar refractivity (Wildman–Crippen MR) is 58.2 cm³/mol. The van der Waals surface area contributed by atoms with Gasteiger partial charge >= 0.3 is 0 Å². The highest BCUT2D eigenvalue weighted by Crippen LogP contribution is 2.21. The zero-order valence-corrected chi connectivity index (χ0v) is 8.78. The van der Waals surface area contributed by atoms with Gasteiger partial charge in [0.15, 0.2) is 0 Å². The summed E-state index contributed by atoms with van der Waals surface area (Å²) < 4.78 is 0. The smallest absolute Gasteiger partial charge is 0.0929 e. The monoisotopic (exact) mass is 186 g/mol. The average molecular weight is 186 g/mol. The maximum absolute atomic E-state index is 4.23. The molecule has 0 unspecified atom stereocenters. The van der Waals surface area contributed by atoms with Gasteiger partial charge in [-0.25, -0.2) is 0 Å². The van der Waals surface area contributed by atoms with Gasteiger partial charge < -0.3 is 0 Å². The summed E-state index contributed by atoms with van der Waals surface area (Å²) in [6.07, 6.45) is 0. The first-order valence-electron chi connectivity index (χ1n) is 4.80. The normalized spacial score (nSPS) is 11.9. The van der Waals surface area contributed by atoms with Gasteiger partial charge in [0.25, 0.3) is 0 Å². The van der Waals surface area contributed by atoms with Gasteiger partial charge in [-0.15, -0.1) is 0 Å². The fraction of sp³-hybridized carbons (Fsp3) is 0.333. The number of rotatable bonds is 0. The van der Waals surface area contributed by atoms with Crippen LogP contribution in [0.2, 0.25) is 0 Å². The Morgan fingerprint density at radius 1 is 1.00 bits per heavy atom.